The number of likely N-dealkylation sites (tertiary alicyclic amines) is 1. The Morgan fingerprint density at radius 3 is 2.64 bits per heavy atom. The minimum absolute atomic E-state index is 0.0343. The van der Waals surface area contributed by atoms with Crippen LogP contribution in [0.1, 0.15) is 47.7 Å². The molecule has 22 heavy (non-hydrogen) atoms. The SMILES string of the molecule is CC(C)c1cc(C(=O)N2CC3C(C2)C3c2nncn2C)n[nH]1. The van der Waals surface area contributed by atoms with E-state index in [1.54, 1.807) is 6.33 Å². The Hall–Kier alpha value is -2.18. The Labute approximate surface area is 128 Å². The van der Waals surface area contributed by atoms with Gasteiger partial charge in [0.1, 0.15) is 17.8 Å². The van der Waals surface area contributed by atoms with Crippen LogP contribution in [-0.2, 0) is 7.05 Å². The molecule has 2 aromatic rings. The van der Waals surface area contributed by atoms with Crippen LogP contribution in [0.4, 0.5) is 0 Å². The summed E-state index contributed by atoms with van der Waals surface area (Å²) < 4.78 is 1.98. The lowest BCUT2D eigenvalue weighted by atomic mass is 10.1. The van der Waals surface area contributed by atoms with Gasteiger partial charge in [0.15, 0.2) is 0 Å². The number of H-pyrrole nitrogens is 1. The average Bonchev–Trinajstić information content (AvgIpc) is 2.98. The van der Waals surface area contributed by atoms with Crippen molar-refractivity contribution in [1.29, 1.82) is 0 Å². The standard InChI is InChI=1S/C15H20N6O/c1-8(2)11-4-12(18-17-11)15(22)21-5-9-10(6-21)13(9)14-19-16-7-20(14)3/h4,7-10,13H,5-6H2,1-3H3,(H,17,18). The van der Waals surface area contributed by atoms with E-state index >= 15 is 0 Å². The summed E-state index contributed by atoms with van der Waals surface area (Å²) in [6.07, 6.45) is 1.74. The van der Waals surface area contributed by atoms with Crippen molar-refractivity contribution in [3.63, 3.8) is 0 Å². The minimum Gasteiger partial charge on any atom is -0.337 e. The maximum atomic E-state index is 12.5. The molecular formula is C15H20N6O. The second-order valence-corrected chi connectivity index (χ2v) is 6.73. The summed E-state index contributed by atoms with van der Waals surface area (Å²) in [4.78, 5) is 14.4. The highest BCUT2D eigenvalue weighted by atomic mass is 16.2. The molecule has 0 radical (unpaired) electrons. The van der Waals surface area contributed by atoms with Crippen LogP contribution in [0.5, 0.6) is 0 Å². The van der Waals surface area contributed by atoms with E-state index in [2.05, 4.69) is 34.2 Å². The van der Waals surface area contributed by atoms with Gasteiger partial charge in [0, 0.05) is 31.7 Å². The van der Waals surface area contributed by atoms with Crippen LogP contribution in [0, 0.1) is 11.8 Å². The zero-order valence-corrected chi connectivity index (χ0v) is 13.0. The van der Waals surface area contributed by atoms with Crippen LogP contribution >= 0.6 is 0 Å². The van der Waals surface area contributed by atoms with Gasteiger partial charge < -0.3 is 9.47 Å². The number of piperidine rings is 1. The molecule has 2 atom stereocenters. The second kappa shape index (κ2) is 4.66. The average molecular weight is 300 g/mol. The van der Waals surface area contributed by atoms with E-state index in [1.807, 2.05) is 22.6 Å². The molecule has 3 heterocycles. The van der Waals surface area contributed by atoms with Gasteiger partial charge in [-0.3, -0.25) is 9.89 Å². The van der Waals surface area contributed by atoms with E-state index in [-0.39, 0.29) is 5.91 Å². The number of nitrogens with zero attached hydrogens (tertiary/aromatic N) is 5. The summed E-state index contributed by atoms with van der Waals surface area (Å²) in [6, 6.07) is 1.87. The van der Waals surface area contributed by atoms with Crippen molar-refractivity contribution in [2.45, 2.75) is 25.7 Å². The van der Waals surface area contributed by atoms with Crippen molar-refractivity contribution in [3.05, 3.63) is 29.6 Å². The molecule has 1 saturated carbocycles. The third kappa shape index (κ3) is 1.95. The number of fused-ring (bicyclic) bond motifs is 1. The molecule has 0 bridgehead atoms. The number of carbonyl (C=O) groups excluding carboxylic acids is 1. The molecule has 1 amide bonds. The van der Waals surface area contributed by atoms with Crippen molar-refractivity contribution >= 4 is 5.91 Å². The normalized spacial score (nSPS) is 26.5. The van der Waals surface area contributed by atoms with E-state index in [4.69, 9.17) is 0 Å². The molecule has 2 fully saturated rings. The van der Waals surface area contributed by atoms with Crippen LogP contribution in [0.15, 0.2) is 12.4 Å². The zero-order chi connectivity index (χ0) is 15.4. The van der Waals surface area contributed by atoms with Gasteiger partial charge in [0.25, 0.3) is 5.91 Å². The Morgan fingerprint density at radius 1 is 1.36 bits per heavy atom. The maximum absolute atomic E-state index is 12.5. The molecule has 7 heteroatoms. The number of aromatic nitrogens is 5. The Balaban J connectivity index is 1.43. The fourth-order valence-electron chi connectivity index (χ4n) is 3.57. The number of rotatable bonds is 3. The highest BCUT2D eigenvalue weighted by molar-refractivity contribution is 5.92. The summed E-state index contributed by atoms with van der Waals surface area (Å²) >= 11 is 0. The third-order valence-corrected chi connectivity index (χ3v) is 4.96. The molecule has 4 rings (SSSR count). The van der Waals surface area contributed by atoms with E-state index < -0.39 is 0 Å². The molecule has 1 N–H and O–H groups in total. The van der Waals surface area contributed by atoms with Gasteiger partial charge >= 0.3 is 0 Å². The molecule has 1 aliphatic heterocycles. The molecule has 2 aromatic heterocycles. The van der Waals surface area contributed by atoms with E-state index in [0.29, 0.717) is 29.4 Å². The zero-order valence-electron chi connectivity index (χ0n) is 13.0. The Kier molecular flexibility index (Phi) is 2.85. The quantitative estimate of drug-likeness (QED) is 0.922. The molecule has 0 aromatic carbocycles. The van der Waals surface area contributed by atoms with Crippen molar-refractivity contribution in [3.8, 4) is 0 Å². The Bertz CT molecular complexity index is 705. The first-order valence-corrected chi connectivity index (χ1v) is 7.74. The van der Waals surface area contributed by atoms with Crippen LogP contribution in [0.25, 0.3) is 0 Å². The first-order chi connectivity index (χ1) is 10.6. The fraction of sp³-hybridized carbons (Fsp3) is 0.600. The van der Waals surface area contributed by atoms with E-state index in [0.717, 1.165) is 24.6 Å². The number of carbonyl (C=O) groups is 1. The molecule has 7 nitrogen and oxygen atoms in total. The van der Waals surface area contributed by atoms with Crippen molar-refractivity contribution in [1.82, 2.24) is 29.9 Å². The highest BCUT2D eigenvalue weighted by Gasteiger charge is 2.59. The fourth-order valence-corrected chi connectivity index (χ4v) is 3.57. The topological polar surface area (TPSA) is 79.7 Å². The van der Waals surface area contributed by atoms with Gasteiger partial charge in [0.2, 0.25) is 0 Å². The molecule has 2 aliphatic rings. The van der Waals surface area contributed by atoms with E-state index in [1.165, 1.54) is 0 Å². The van der Waals surface area contributed by atoms with Gasteiger partial charge in [0.05, 0.1) is 0 Å². The second-order valence-electron chi connectivity index (χ2n) is 6.73. The first kappa shape index (κ1) is 13.5. The van der Waals surface area contributed by atoms with Gasteiger partial charge in [-0.25, -0.2) is 0 Å². The lowest BCUT2D eigenvalue weighted by Crippen LogP contribution is -2.31. The molecule has 1 saturated heterocycles. The van der Waals surface area contributed by atoms with Gasteiger partial charge in [-0.1, -0.05) is 13.8 Å². The number of nitrogens with one attached hydrogen (secondary N) is 1. The number of hydrogen-bond donors (Lipinski definition) is 1. The summed E-state index contributed by atoms with van der Waals surface area (Å²) in [6.45, 7) is 5.76. The molecule has 0 spiro atoms. The minimum atomic E-state index is 0.0343. The smallest absolute Gasteiger partial charge is 0.274 e. The van der Waals surface area contributed by atoms with Crippen LogP contribution in [0.2, 0.25) is 0 Å². The maximum Gasteiger partial charge on any atom is 0.274 e. The molecule has 116 valence electrons. The van der Waals surface area contributed by atoms with Crippen molar-refractivity contribution in [2.75, 3.05) is 13.1 Å². The highest BCUT2D eigenvalue weighted by Crippen LogP contribution is 2.57. The Morgan fingerprint density at radius 2 is 2.09 bits per heavy atom. The number of aryl methyl sites for hydroxylation is 1. The van der Waals surface area contributed by atoms with Crippen LogP contribution < -0.4 is 0 Å². The van der Waals surface area contributed by atoms with Crippen molar-refractivity contribution < 1.29 is 4.79 Å². The first-order valence-electron chi connectivity index (χ1n) is 7.74. The predicted molar refractivity (Wildman–Crippen MR) is 79.3 cm³/mol. The van der Waals surface area contributed by atoms with Gasteiger partial charge in [-0.15, -0.1) is 10.2 Å². The lowest BCUT2D eigenvalue weighted by Gasteiger charge is -2.18. The predicted octanol–water partition coefficient (Wildman–Crippen LogP) is 1.15. The summed E-state index contributed by atoms with van der Waals surface area (Å²) in [5.74, 6) is 2.94. The molecule has 1 aliphatic carbocycles. The summed E-state index contributed by atoms with van der Waals surface area (Å²) in [5.41, 5.74) is 1.53. The van der Waals surface area contributed by atoms with E-state index in [9.17, 15) is 4.79 Å². The largest absolute Gasteiger partial charge is 0.337 e. The van der Waals surface area contributed by atoms with Gasteiger partial charge in [-0.2, -0.15) is 5.10 Å². The molecule has 2 unspecified atom stereocenters. The van der Waals surface area contributed by atoms with Crippen LogP contribution in [-0.4, -0.2) is 48.9 Å². The van der Waals surface area contributed by atoms with Crippen molar-refractivity contribution in [2.24, 2.45) is 18.9 Å². The number of aromatic amines is 1. The summed E-state index contributed by atoms with van der Waals surface area (Å²) in [7, 11) is 1.98. The van der Waals surface area contributed by atoms with Crippen LogP contribution in [0.3, 0.4) is 0 Å². The third-order valence-electron chi connectivity index (χ3n) is 4.96. The number of amides is 1. The van der Waals surface area contributed by atoms with Gasteiger partial charge in [-0.05, 0) is 23.8 Å². The number of hydrogen-bond acceptors (Lipinski definition) is 4. The summed E-state index contributed by atoms with van der Waals surface area (Å²) in [5, 5.41) is 15.3. The monoisotopic (exact) mass is 300 g/mol. The molecular weight excluding hydrogens is 280 g/mol. The lowest BCUT2D eigenvalue weighted by molar-refractivity contribution is 0.0766.